The Balaban J connectivity index is 2.26. The second kappa shape index (κ2) is 6.28. The molecule has 0 atom stereocenters. The SMILES string of the molecule is ClCCNN(c1ccccc1)c1ccccc1. The minimum Gasteiger partial charge on any atom is -0.277 e. The number of rotatable bonds is 5. The highest BCUT2D eigenvalue weighted by atomic mass is 35.5. The second-order valence-electron chi connectivity index (χ2n) is 3.60. The van der Waals surface area contributed by atoms with Gasteiger partial charge in [0.1, 0.15) is 0 Å². The third-order valence-electron chi connectivity index (χ3n) is 2.39. The molecule has 2 aromatic rings. The van der Waals surface area contributed by atoms with Crippen molar-refractivity contribution in [1.82, 2.24) is 5.43 Å². The van der Waals surface area contributed by atoms with Gasteiger partial charge in [0, 0.05) is 12.4 Å². The molecule has 17 heavy (non-hydrogen) atoms. The van der Waals surface area contributed by atoms with Crippen molar-refractivity contribution in [2.24, 2.45) is 0 Å². The van der Waals surface area contributed by atoms with Gasteiger partial charge in [0.15, 0.2) is 0 Å². The summed E-state index contributed by atoms with van der Waals surface area (Å²) in [7, 11) is 0. The van der Waals surface area contributed by atoms with Crippen LogP contribution in [0.3, 0.4) is 0 Å². The second-order valence-corrected chi connectivity index (χ2v) is 3.98. The number of alkyl halides is 1. The van der Waals surface area contributed by atoms with Gasteiger partial charge in [0.2, 0.25) is 0 Å². The maximum absolute atomic E-state index is 5.73. The maximum atomic E-state index is 5.73. The molecule has 0 amide bonds. The van der Waals surface area contributed by atoms with E-state index in [9.17, 15) is 0 Å². The number of anilines is 2. The van der Waals surface area contributed by atoms with Crippen LogP contribution in [-0.2, 0) is 0 Å². The molecule has 0 saturated carbocycles. The zero-order chi connectivity index (χ0) is 11.9. The molecule has 0 aromatic heterocycles. The lowest BCUT2D eigenvalue weighted by atomic mass is 10.2. The molecule has 2 aromatic carbocycles. The Morgan fingerprint density at radius 1 is 0.824 bits per heavy atom. The number of hydrogen-bond donors (Lipinski definition) is 1. The van der Waals surface area contributed by atoms with E-state index in [1.54, 1.807) is 0 Å². The number of para-hydroxylation sites is 2. The number of nitrogens with one attached hydrogen (secondary N) is 1. The Hall–Kier alpha value is -1.51. The van der Waals surface area contributed by atoms with Crippen molar-refractivity contribution < 1.29 is 0 Å². The molecule has 3 heteroatoms. The van der Waals surface area contributed by atoms with Gasteiger partial charge in [-0.1, -0.05) is 36.4 Å². The summed E-state index contributed by atoms with van der Waals surface area (Å²) in [5, 5.41) is 2.04. The Morgan fingerprint density at radius 3 is 1.71 bits per heavy atom. The van der Waals surface area contributed by atoms with E-state index >= 15 is 0 Å². The summed E-state index contributed by atoms with van der Waals surface area (Å²) in [5.74, 6) is 0.580. The van der Waals surface area contributed by atoms with Crippen LogP contribution in [0.1, 0.15) is 0 Å². The monoisotopic (exact) mass is 246 g/mol. The zero-order valence-electron chi connectivity index (χ0n) is 9.51. The predicted molar refractivity (Wildman–Crippen MR) is 73.7 cm³/mol. The third kappa shape index (κ3) is 3.22. The Kier molecular flexibility index (Phi) is 4.42. The molecule has 0 heterocycles. The van der Waals surface area contributed by atoms with Gasteiger partial charge < -0.3 is 0 Å². The molecule has 2 rings (SSSR count). The average molecular weight is 247 g/mol. The topological polar surface area (TPSA) is 15.3 Å². The highest BCUT2D eigenvalue weighted by Gasteiger charge is 2.06. The lowest BCUT2D eigenvalue weighted by Crippen LogP contribution is -2.35. The van der Waals surface area contributed by atoms with E-state index < -0.39 is 0 Å². The van der Waals surface area contributed by atoms with Crippen LogP contribution in [0, 0.1) is 0 Å². The summed E-state index contributed by atoms with van der Waals surface area (Å²) in [6, 6.07) is 20.4. The number of halogens is 1. The van der Waals surface area contributed by atoms with Crippen LogP contribution in [0.15, 0.2) is 60.7 Å². The summed E-state index contributed by atoms with van der Waals surface area (Å²) in [4.78, 5) is 0. The fourth-order valence-electron chi connectivity index (χ4n) is 1.64. The number of benzene rings is 2. The fourth-order valence-corrected chi connectivity index (χ4v) is 1.72. The van der Waals surface area contributed by atoms with Gasteiger partial charge in [0.25, 0.3) is 0 Å². The number of nitrogens with zero attached hydrogens (tertiary/aromatic N) is 1. The largest absolute Gasteiger partial charge is 0.277 e. The van der Waals surface area contributed by atoms with Crippen molar-refractivity contribution in [3.05, 3.63) is 60.7 Å². The highest BCUT2D eigenvalue weighted by molar-refractivity contribution is 6.18. The highest BCUT2D eigenvalue weighted by Crippen LogP contribution is 2.22. The van der Waals surface area contributed by atoms with Gasteiger partial charge >= 0.3 is 0 Å². The average Bonchev–Trinajstić information content (AvgIpc) is 2.42. The maximum Gasteiger partial charge on any atom is 0.0577 e. The zero-order valence-corrected chi connectivity index (χ0v) is 10.3. The van der Waals surface area contributed by atoms with Crippen molar-refractivity contribution in [2.45, 2.75) is 0 Å². The van der Waals surface area contributed by atoms with Gasteiger partial charge in [0.05, 0.1) is 11.4 Å². The summed E-state index contributed by atoms with van der Waals surface area (Å²) >= 11 is 5.73. The Morgan fingerprint density at radius 2 is 1.29 bits per heavy atom. The van der Waals surface area contributed by atoms with E-state index in [-0.39, 0.29) is 0 Å². The first kappa shape index (κ1) is 12.0. The summed E-state index contributed by atoms with van der Waals surface area (Å²) in [6.07, 6.45) is 0. The van der Waals surface area contributed by atoms with E-state index in [0.29, 0.717) is 5.88 Å². The van der Waals surface area contributed by atoms with Gasteiger partial charge in [-0.3, -0.25) is 5.01 Å². The Bertz CT molecular complexity index is 391. The van der Waals surface area contributed by atoms with Crippen molar-refractivity contribution in [1.29, 1.82) is 0 Å². The Labute approximate surface area is 107 Å². The quantitative estimate of drug-likeness (QED) is 0.641. The summed E-state index contributed by atoms with van der Waals surface area (Å²) < 4.78 is 0. The first-order valence-corrected chi connectivity index (χ1v) is 6.15. The molecule has 0 aliphatic rings. The van der Waals surface area contributed by atoms with Crippen LogP contribution in [0.2, 0.25) is 0 Å². The lowest BCUT2D eigenvalue weighted by molar-refractivity contribution is 0.745. The van der Waals surface area contributed by atoms with Crippen LogP contribution in [0.5, 0.6) is 0 Å². The molecule has 88 valence electrons. The molecular formula is C14H15ClN2. The van der Waals surface area contributed by atoms with Crippen molar-refractivity contribution in [3.63, 3.8) is 0 Å². The van der Waals surface area contributed by atoms with Gasteiger partial charge in [-0.2, -0.15) is 0 Å². The van der Waals surface area contributed by atoms with E-state index in [0.717, 1.165) is 17.9 Å². The molecule has 0 spiro atoms. The molecule has 2 nitrogen and oxygen atoms in total. The molecule has 0 radical (unpaired) electrons. The van der Waals surface area contributed by atoms with Crippen LogP contribution < -0.4 is 10.4 Å². The van der Waals surface area contributed by atoms with Crippen molar-refractivity contribution in [3.8, 4) is 0 Å². The van der Waals surface area contributed by atoms with Crippen molar-refractivity contribution in [2.75, 3.05) is 17.4 Å². The summed E-state index contributed by atoms with van der Waals surface area (Å²) in [5.41, 5.74) is 5.50. The molecule has 1 N–H and O–H groups in total. The van der Waals surface area contributed by atoms with Crippen LogP contribution >= 0.6 is 11.6 Å². The smallest absolute Gasteiger partial charge is 0.0577 e. The molecule has 0 aliphatic heterocycles. The molecular weight excluding hydrogens is 232 g/mol. The molecule has 0 aliphatic carbocycles. The van der Waals surface area contributed by atoms with E-state index in [1.165, 1.54) is 0 Å². The predicted octanol–water partition coefficient (Wildman–Crippen LogP) is 3.57. The van der Waals surface area contributed by atoms with E-state index in [2.05, 4.69) is 29.7 Å². The molecule has 0 fully saturated rings. The van der Waals surface area contributed by atoms with Crippen LogP contribution in [0.25, 0.3) is 0 Å². The summed E-state index contributed by atoms with van der Waals surface area (Å²) in [6.45, 7) is 0.728. The number of hydrogen-bond acceptors (Lipinski definition) is 2. The normalized spacial score (nSPS) is 10.2. The van der Waals surface area contributed by atoms with Crippen molar-refractivity contribution >= 4 is 23.0 Å². The van der Waals surface area contributed by atoms with Gasteiger partial charge in [-0.15, -0.1) is 11.6 Å². The van der Waals surface area contributed by atoms with Crippen LogP contribution in [0.4, 0.5) is 11.4 Å². The number of hydrazine groups is 1. The fraction of sp³-hybridized carbons (Fsp3) is 0.143. The van der Waals surface area contributed by atoms with E-state index in [1.807, 2.05) is 41.4 Å². The molecule has 0 bridgehead atoms. The lowest BCUT2D eigenvalue weighted by Gasteiger charge is -2.25. The first-order valence-electron chi connectivity index (χ1n) is 5.61. The van der Waals surface area contributed by atoms with Crippen LogP contribution in [-0.4, -0.2) is 12.4 Å². The minimum atomic E-state index is 0.580. The third-order valence-corrected chi connectivity index (χ3v) is 2.58. The van der Waals surface area contributed by atoms with E-state index in [4.69, 9.17) is 11.6 Å². The minimum absolute atomic E-state index is 0.580. The van der Waals surface area contributed by atoms with Gasteiger partial charge in [-0.25, -0.2) is 5.43 Å². The first-order chi connectivity index (χ1) is 8.42. The standard InChI is InChI=1S/C14H15ClN2/c15-11-12-16-17(13-7-3-1-4-8-13)14-9-5-2-6-10-14/h1-10,16H,11-12H2. The molecule has 0 saturated heterocycles. The molecule has 0 unspecified atom stereocenters. The van der Waals surface area contributed by atoms with Gasteiger partial charge in [-0.05, 0) is 24.3 Å².